The number of carboxylic acid groups (broad SMARTS) is 1. The van der Waals surface area contributed by atoms with E-state index in [9.17, 15) is 9.90 Å². The number of aryl methyl sites for hydroxylation is 1. The van der Waals surface area contributed by atoms with Crippen LogP contribution < -0.4 is 0 Å². The van der Waals surface area contributed by atoms with E-state index in [4.69, 9.17) is 4.52 Å². The highest BCUT2D eigenvalue weighted by Crippen LogP contribution is 2.33. The number of benzene rings is 1. The molecule has 1 aliphatic heterocycles. The van der Waals surface area contributed by atoms with Crippen LogP contribution in [0.3, 0.4) is 0 Å². The highest BCUT2D eigenvalue weighted by atomic mass is 16.5. The summed E-state index contributed by atoms with van der Waals surface area (Å²) in [7, 11) is 0. The third-order valence-electron chi connectivity index (χ3n) is 3.67. The first kappa shape index (κ1) is 12.7. The van der Waals surface area contributed by atoms with Crippen molar-refractivity contribution in [3.05, 3.63) is 41.6 Å². The lowest BCUT2D eigenvalue weighted by Gasteiger charge is -2.18. The number of hydrogen-bond donors (Lipinski definition) is 1. The predicted molar refractivity (Wildman–Crippen MR) is 73.4 cm³/mol. The van der Waals surface area contributed by atoms with Crippen molar-refractivity contribution in [2.75, 3.05) is 6.54 Å². The van der Waals surface area contributed by atoms with Gasteiger partial charge in [0.05, 0.1) is 6.04 Å². The Labute approximate surface area is 116 Å². The summed E-state index contributed by atoms with van der Waals surface area (Å²) in [6, 6.07) is 9.63. The van der Waals surface area contributed by atoms with Crippen LogP contribution in [0, 0.1) is 6.92 Å². The molecule has 1 aromatic heterocycles. The van der Waals surface area contributed by atoms with Crippen LogP contribution in [-0.4, -0.2) is 27.8 Å². The first-order chi connectivity index (χ1) is 9.65. The van der Waals surface area contributed by atoms with Crippen LogP contribution in [0.25, 0.3) is 11.3 Å². The van der Waals surface area contributed by atoms with Gasteiger partial charge >= 0.3 is 6.09 Å². The smallest absolute Gasteiger partial charge is 0.407 e. The number of hydrogen-bond acceptors (Lipinski definition) is 3. The van der Waals surface area contributed by atoms with Gasteiger partial charge in [0.15, 0.2) is 5.76 Å². The molecule has 1 aliphatic rings. The average molecular weight is 272 g/mol. The minimum Gasteiger partial charge on any atom is -0.465 e. The number of nitrogens with zero attached hydrogens (tertiary/aromatic N) is 2. The lowest BCUT2D eigenvalue weighted by molar-refractivity contribution is 0.138. The molecule has 1 N–H and O–H groups in total. The molecule has 2 aromatic rings. The molecular weight excluding hydrogens is 256 g/mol. The van der Waals surface area contributed by atoms with Crippen molar-refractivity contribution in [2.45, 2.75) is 25.8 Å². The zero-order valence-electron chi connectivity index (χ0n) is 11.2. The topological polar surface area (TPSA) is 66.6 Å². The van der Waals surface area contributed by atoms with Crippen molar-refractivity contribution in [1.29, 1.82) is 0 Å². The average Bonchev–Trinajstić information content (AvgIpc) is 3.07. The van der Waals surface area contributed by atoms with Gasteiger partial charge in [-0.25, -0.2) is 4.79 Å². The molecule has 0 bridgehead atoms. The van der Waals surface area contributed by atoms with Crippen molar-refractivity contribution < 1.29 is 14.4 Å². The van der Waals surface area contributed by atoms with Crippen LogP contribution in [-0.2, 0) is 0 Å². The number of carbonyl (C=O) groups is 1. The Kier molecular flexibility index (Phi) is 3.18. The van der Waals surface area contributed by atoms with Gasteiger partial charge in [-0.2, -0.15) is 0 Å². The minimum absolute atomic E-state index is 0.185. The lowest BCUT2D eigenvalue weighted by atomic mass is 10.1. The monoisotopic (exact) mass is 272 g/mol. The third kappa shape index (κ3) is 2.27. The summed E-state index contributed by atoms with van der Waals surface area (Å²) in [6.07, 6.45) is 0.767. The fourth-order valence-electron chi connectivity index (χ4n) is 2.68. The molecule has 20 heavy (non-hydrogen) atoms. The maximum Gasteiger partial charge on any atom is 0.407 e. The fraction of sp³-hybridized carbons (Fsp3) is 0.333. The molecule has 1 fully saturated rings. The largest absolute Gasteiger partial charge is 0.465 e. The van der Waals surface area contributed by atoms with Crippen molar-refractivity contribution in [3.8, 4) is 11.3 Å². The van der Waals surface area contributed by atoms with Crippen LogP contribution in [0.1, 0.15) is 30.1 Å². The Morgan fingerprint density at radius 1 is 1.45 bits per heavy atom. The zero-order valence-corrected chi connectivity index (χ0v) is 11.2. The van der Waals surface area contributed by atoms with Crippen LogP contribution in [0.2, 0.25) is 0 Å². The molecule has 1 atom stereocenters. The van der Waals surface area contributed by atoms with E-state index >= 15 is 0 Å². The molecule has 0 unspecified atom stereocenters. The zero-order chi connectivity index (χ0) is 14.1. The van der Waals surface area contributed by atoms with E-state index in [1.807, 2.05) is 37.3 Å². The van der Waals surface area contributed by atoms with Gasteiger partial charge in [-0.05, 0) is 25.8 Å². The van der Waals surface area contributed by atoms with Crippen LogP contribution >= 0.6 is 0 Å². The van der Waals surface area contributed by atoms with Gasteiger partial charge in [0, 0.05) is 18.2 Å². The molecule has 2 heterocycles. The molecule has 1 aromatic carbocycles. The molecule has 0 spiro atoms. The molecule has 0 saturated carbocycles. The molecular formula is C15H16N2O3. The Hall–Kier alpha value is -2.30. The van der Waals surface area contributed by atoms with Crippen molar-refractivity contribution in [1.82, 2.24) is 10.1 Å². The summed E-state index contributed by atoms with van der Waals surface area (Å²) < 4.78 is 5.38. The van der Waals surface area contributed by atoms with E-state index in [1.165, 1.54) is 4.90 Å². The van der Waals surface area contributed by atoms with Gasteiger partial charge < -0.3 is 9.63 Å². The van der Waals surface area contributed by atoms with E-state index in [2.05, 4.69) is 5.16 Å². The summed E-state index contributed by atoms with van der Waals surface area (Å²) in [5.74, 6) is 0.681. The molecule has 1 saturated heterocycles. The van der Waals surface area contributed by atoms with Crippen molar-refractivity contribution in [3.63, 3.8) is 0 Å². The Morgan fingerprint density at radius 2 is 2.30 bits per heavy atom. The van der Waals surface area contributed by atoms with E-state index < -0.39 is 6.09 Å². The normalized spacial score (nSPS) is 18.4. The lowest BCUT2D eigenvalue weighted by Crippen LogP contribution is -2.28. The first-order valence-corrected chi connectivity index (χ1v) is 6.68. The molecule has 1 amide bonds. The molecule has 0 aliphatic carbocycles. The minimum atomic E-state index is -0.896. The summed E-state index contributed by atoms with van der Waals surface area (Å²) in [4.78, 5) is 12.6. The van der Waals surface area contributed by atoms with Gasteiger partial charge in [-0.15, -0.1) is 0 Å². The maximum absolute atomic E-state index is 11.2. The molecule has 5 heteroatoms. The fourth-order valence-corrected chi connectivity index (χ4v) is 2.68. The van der Waals surface area contributed by atoms with E-state index in [1.54, 1.807) is 0 Å². The number of rotatable bonds is 2. The standard InChI is InChI=1S/C15H16N2O3/c1-10-4-2-5-11(8-10)14-9-12(16-20-14)13-6-3-7-17(13)15(18)19/h2,4-5,8-9,13H,3,6-7H2,1H3,(H,18,19)/t13-/m1/s1. The van der Waals surface area contributed by atoms with Crippen LogP contribution in [0.15, 0.2) is 34.9 Å². The highest BCUT2D eigenvalue weighted by molar-refractivity contribution is 5.66. The van der Waals surface area contributed by atoms with E-state index in [0.29, 0.717) is 18.0 Å². The Morgan fingerprint density at radius 3 is 3.05 bits per heavy atom. The van der Waals surface area contributed by atoms with Gasteiger partial charge in [0.1, 0.15) is 5.69 Å². The van der Waals surface area contributed by atoms with Crippen LogP contribution in [0.4, 0.5) is 4.79 Å². The quantitative estimate of drug-likeness (QED) is 0.909. The SMILES string of the molecule is Cc1cccc(-c2cc([C@H]3CCCN3C(=O)O)no2)c1. The molecule has 3 rings (SSSR count). The Bertz CT molecular complexity index is 636. The second-order valence-electron chi connectivity index (χ2n) is 5.12. The third-order valence-corrected chi connectivity index (χ3v) is 3.67. The van der Waals surface area contributed by atoms with Crippen molar-refractivity contribution >= 4 is 6.09 Å². The highest BCUT2D eigenvalue weighted by Gasteiger charge is 2.32. The predicted octanol–water partition coefficient (Wildman–Crippen LogP) is 3.46. The number of likely N-dealkylation sites (tertiary alicyclic amines) is 1. The van der Waals surface area contributed by atoms with Gasteiger partial charge in [-0.3, -0.25) is 4.90 Å². The van der Waals surface area contributed by atoms with E-state index in [-0.39, 0.29) is 6.04 Å². The Balaban J connectivity index is 1.89. The second kappa shape index (κ2) is 5.00. The summed E-state index contributed by atoms with van der Waals surface area (Å²) in [5.41, 5.74) is 2.80. The maximum atomic E-state index is 11.2. The van der Waals surface area contributed by atoms with Gasteiger partial charge in [0.25, 0.3) is 0 Å². The second-order valence-corrected chi connectivity index (χ2v) is 5.12. The van der Waals surface area contributed by atoms with Gasteiger partial charge in [-0.1, -0.05) is 28.9 Å². The molecule has 0 radical (unpaired) electrons. The summed E-state index contributed by atoms with van der Waals surface area (Å²) >= 11 is 0. The van der Waals surface area contributed by atoms with Crippen LogP contribution in [0.5, 0.6) is 0 Å². The number of amides is 1. The first-order valence-electron chi connectivity index (χ1n) is 6.68. The molecule has 5 nitrogen and oxygen atoms in total. The van der Waals surface area contributed by atoms with Crippen molar-refractivity contribution in [2.24, 2.45) is 0 Å². The summed E-state index contributed by atoms with van der Waals surface area (Å²) in [6.45, 7) is 2.58. The number of aromatic nitrogens is 1. The van der Waals surface area contributed by atoms with Gasteiger partial charge in [0.2, 0.25) is 0 Å². The van der Waals surface area contributed by atoms with E-state index in [0.717, 1.165) is 24.0 Å². The molecule has 104 valence electrons. The summed E-state index contributed by atoms with van der Waals surface area (Å²) in [5, 5.41) is 13.2.